The monoisotopic (exact) mass is 552 g/mol. The smallest absolute Gasteiger partial charge is 0.421 e. The highest BCUT2D eigenvalue weighted by atomic mass is 19.4. The average molecular weight is 553 g/mol. The average Bonchev–Trinajstić information content (AvgIpc) is 3.29. The van der Waals surface area contributed by atoms with Crippen molar-refractivity contribution < 1.29 is 32.6 Å². The summed E-state index contributed by atoms with van der Waals surface area (Å²) in [5, 5.41) is 14.1. The first-order valence-corrected chi connectivity index (χ1v) is 12.3. The van der Waals surface area contributed by atoms with Crippen molar-refractivity contribution in [3.05, 3.63) is 101 Å². The molecule has 0 aliphatic heterocycles. The van der Waals surface area contributed by atoms with Crippen LogP contribution in [0.15, 0.2) is 67.0 Å². The summed E-state index contributed by atoms with van der Waals surface area (Å²) in [6.07, 6.45) is -1.90. The molecule has 4 aromatic rings. The van der Waals surface area contributed by atoms with Crippen LogP contribution in [0, 0.1) is 13.8 Å². The molecule has 0 fully saturated rings. The lowest BCUT2D eigenvalue weighted by atomic mass is 10.1. The molecule has 0 atom stereocenters. The number of alkyl halides is 3. The number of hydrogen-bond acceptors (Lipinski definition) is 5. The van der Waals surface area contributed by atoms with Crippen LogP contribution in [0.1, 0.15) is 56.9 Å². The zero-order valence-corrected chi connectivity index (χ0v) is 22.2. The molecule has 2 aromatic heterocycles. The molecule has 0 aliphatic carbocycles. The van der Waals surface area contributed by atoms with E-state index in [9.17, 15) is 27.9 Å². The van der Waals surface area contributed by atoms with Crippen LogP contribution in [0.4, 0.5) is 18.9 Å². The Morgan fingerprint density at radius 2 is 1.75 bits per heavy atom. The van der Waals surface area contributed by atoms with Gasteiger partial charge in [-0.3, -0.25) is 9.48 Å². The van der Waals surface area contributed by atoms with E-state index < -0.39 is 35.5 Å². The van der Waals surface area contributed by atoms with Crippen LogP contribution >= 0.6 is 0 Å². The van der Waals surface area contributed by atoms with E-state index in [2.05, 4.69) is 10.1 Å². The number of pyridine rings is 1. The van der Waals surface area contributed by atoms with Gasteiger partial charge in [0.05, 0.1) is 23.5 Å². The Morgan fingerprint density at radius 1 is 1.05 bits per heavy atom. The molecule has 2 aromatic carbocycles. The molecule has 8 nitrogen and oxygen atoms in total. The van der Waals surface area contributed by atoms with Crippen molar-refractivity contribution in [3.8, 4) is 11.6 Å². The summed E-state index contributed by atoms with van der Waals surface area (Å²) in [7, 11) is 0. The number of carboxylic acids is 1. The van der Waals surface area contributed by atoms with Gasteiger partial charge in [0.25, 0.3) is 5.91 Å². The topological polar surface area (TPSA) is 97.6 Å². The number of rotatable bonds is 8. The standard InChI is InChI=1S/C29H27F3N4O4/c1-17(2)36(27(37)21-7-5-18(3)6-8-21)25-10-9-22(14-23(25)28(38)39)40-26-24(29(30,31)32)13-20(15-33-26)16-35-12-11-19(4)34-35/h5-15,17H,16H2,1-4H3,(H,38,39). The molecule has 4 rings (SSSR count). The van der Waals surface area contributed by atoms with E-state index in [1.54, 1.807) is 57.3 Å². The van der Waals surface area contributed by atoms with E-state index in [1.807, 2.05) is 6.92 Å². The first-order chi connectivity index (χ1) is 18.8. The molecule has 0 saturated carbocycles. The van der Waals surface area contributed by atoms with Gasteiger partial charge in [0, 0.05) is 24.0 Å². The first-order valence-electron chi connectivity index (χ1n) is 12.3. The van der Waals surface area contributed by atoms with Gasteiger partial charge >= 0.3 is 12.1 Å². The third-order valence-corrected chi connectivity index (χ3v) is 6.04. The van der Waals surface area contributed by atoms with Gasteiger partial charge in [-0.2, -0.15) is 18.3 Å². The van der Waals surface area contributed by atoms with Gasteiger partial charge in [-0.25, -0.2) is 9.78 Å². The number of benzene rings is 2. The molecule has 40 heavy (non-hydrogen) atoms. The van der Waals surface area contributed by atoms with Crippen LogP contribution in [-0.4, -0.2) is 37.8 Å². The summed E-state index contributed by atoms with van der Waals surface area (Å²) in [6, 6.07) is 12.8. The number of halogens is 3. The quantitative estimate of drug-likeness (QED) is 0.268. The number of hydrogen-bond donors (Lipinski definition) is 1. The maximum absolute atomic E-state index is 13.9. The number of carboxylic acid groups (broad SMARTS) is 1. The predicted molar refractivity (Wildman–Crippen MR) is 142 cm³/mol. The van der Waals surface area contributed by atoms with Crippen molar-refractivity contribution in [2.45, 2.75) is 46.5 Å². The fourth-order valence-corrected chi connectivity index (χ4v) is 4.13. The highest BCUT2D eigenvalue weighted by Crippen LogP contribution is 2.38. The highest BCUT2D eigenvalue weighted by Gasteiger charge is 2.36. The number of carbonyl (C=O) groups excluding carboxylic acids is 1. The molecule has 0 spiro atoms. The second kappa shape index (κ2) is 11.2. The molecule has 0 bridgehead atoms. The minimum atomic E-state index is -4.79. The van der Waals surface area contributed by atoms with E-state index in [0.717, 1.165) is 23.4 Å². The highest BCUT2D eigenvalue weighted by molar-refractivity contribution is 6.09. The Bertz CT molecular complexity index is 1550. The van der Waals surface area contributed by atoms with Gasteiger partial charge in [0.15, 0.2) is 0 Å². The molecule has 208 valence electrons. The van der Waals surface area contributed by atoms with Crippen molar-refractivity contribution in [3.63, 3.8) is 0 Å². The lowest BCUT2D eigenvalue weighted by Gasteiger charge is -2.28. The fourth-order valence-electron chi connectivity index (χ4n) is 4.13. The fraction of sp³-hybridized carbons (Fsp3) is 0.241. The van der Waals surface area contributed by atoms with E-state index in [-0.39, 0.29) is 29.1 Å². The Kier molecular flexibility index (Phi) is 7.94. The third kappa shape index (κ3) is 6.31. The van der Waals surface area contributed by atoms with Gasteiger partial charge in [0.2, 0.25) is 5.88 Å². The lowest BCUT2D eigenvalue weighted by molar-refractivity contribution is -0.138. The summed E-state index contributed by atoms with van der Waals surface area (Å²) in [5.74, 6) is -2.71. The zero-order valence-electron chi connectivity index (χ0n) is 22.2. The molecular weight excluding hydrogens is 525 g/mol. The number of aromatic nitrogens is 3. The Hall–Kier alpha value is -4.67. The van der Waals surface area contributed by atoms with E-state index >= 15 is 0 Å². The Balaban J connectivity index is 1.69. The summed E-state index contributed by atoms with van der Waals surface area (Å²) in [4.78, 5) is 30.7. The van der Waals surface area contributed by atoms with Gasteiger partial charge in [0.1, 0.15) is 11.3 Å². The van der Waals surface area contributed by atoms with E-state index in [0.29, 0.717) is 5.56 Å². The van der Waals surface area contributed by atoms with Crippen molar-refractivity contribution in [1.29, 1.82) is 0 Å². The molecule has 1 N–H and O–H groups in total. The molecule has 0 saturated heterocycles. The number of anilines is 1. The van der Waals surface area contributed by atoms with Gasteiger partial charge in [-0.05, 0) is 75.7 Å². The maximum Gasteiger partial charge on any atom is 0.421 e. The number of carbonyl (C=O) groups is 2. The molecule has 0 aliphatic rings. The summed E-state index contributed by atoms with van der Waals surface area (Å²) < 4.78 is 48.8. The van der Waals surface area contributed by atoms with Crippen molar-refractivity contribution in [1.82, 2.24) is 14.8 Å². The van der Waals surface area contributed by atoms with Crippen LogP contribution in [0.3, 0.4) is 0 Å². The number of aryl methyl sites for hydroxylation is 2. The Labute approximate surface area is 228 Å². The van der Waals surface area contributed by atoms with Crippen molar-refractivity contribution in [2.24, 2.45) is 0 Å². The first kappa shape index (κ1) is 28.3. The predicted octanol–water partition coefficient (Wildman–Crippen LogP) is 6.51. The summed E-state index contributed by atoms with van der Waals surface area (Å²) in [5.41, 5.74) is 0.940. The number of amides is 1. The molecule has 0 radical (unpaired) electrons. The van der Waals surface area contributed by atoms with E-state index in [1.165, 1.54) is 27.9 Å². The molecule has 11 heteroatoms. The maximum atomic E-state index is 13.9. The van der Waals surface area contributed by atoms with Crippen LogP contribution in [-0.2, 0) is 12.7 Å². The van der Waals surface area contributed by atoms with Crippen LogP contribution < -0.4 is 9.64 Å². The Morgan fingerprint density at radius 3 is 2.33 bits per heavy atom. The van der Waals surface area contributed by atoms with Crippen LogP contribution in [0.5, 0.6) is 11.6 Å². The van der Waals surface area contributed by atoms with Gasteiger partial charge < -0.3 is 14.7 Å². The minimum absolute atomic E-state index is 0.0715. The SMILES string of the molecule is Cc1ccc(C(=O)N(c2ccc(Oc3ncc(Cn4ccc(C)n4)cc3C(F)(F)F)cc2C(=O)O)C(C)C)cc1. The van der Waals surface area contributed by atoms with Crippen LogP contribution in [0.2, 0.25) is 0 Å². The lowest BCUT2D eigenvalue weighted by Crippen LogP contribution is -2.38. The van der Waals surface area contributed by atoms with Crippen LogP contribution in [0.25, 0.3) is 0 Å². The minimum Gasteiger partial charge on any atom is -0.478 e. The largest absolute Gasteiger partial charge is 0.478 e. The summed E-state index contributed by atoms with van der Waals surface area (Å²) >= 11 is 0. The number of nitrogens with zero attached hydrogens (tertiary/aromatic N) is 4. The van der Waals surface area contributed by atoms with Gasteiger partial charge in [-0.1, -0.05) is 17.7 Å². The van der Waals surface area contributed by atoms with E-state index in [4.69, 9.17) is 4.74 Å². The molecule has 0 unspecified atom stereocenters. The third-order valence-electron chi connectivity index (χ3n) is 6.04. The van der Waals surface area contributed by atoms with Gasteiger partial charge in [-0.15, -0.1) is 0 Å². The summed E-state index contributed by atoms with van der Waals surface area (Å²) in [6.45, 7) is 7.18. The van der Waals surface area contributed by atoms with Crippen molar-refractivity contribution in [2.75, 3.05) is 4.90 Å². The molecular formula is C29H27F3N4O4. The molecule has 2 heterocycles. The number of ether oxygens (including phenoxy) is 1. The molecule has 1 amide bonds. The normalized spacial score (nSPS) is 11.5. The second-order valence-electron chi connectivity index (χ2n) is 9.57. The second-order valence-corrected chi connectivity index (χ2v) is 9.57. The zero-order chi connectivity index (χ0) is 29.2. The number of aromatic carboxylic acids is 1. The van der Waals surface area contributed by atoms with Crippen molar-refractivity contribution >= 4 is 17.6 Å².